The van der Waals surface area contributed by atoms with Crippen molar-refractivity contribution in [1.82, 2.24) is 18.9 Å². The number of imidazole rings is 1. The van der Waals surface area contributed by atoms with Crippen molar-refractivity contribution in [3.63, 3.8) is 0 Å². The van der Waals surface area contributed by atoms with E-state index in [-0.39, 0.29) is 16.5 Å². The normalized spacial score (nSPS) is 13.5. The van der Waals surface area contributed by atoms with Gasteiger partial charge in [-0.2, -0.15) is 0 Å². The van der Waals surface area contributed by atoms with Crippen LogP contribution in [0.3, 0.4) is 0 Å². The number of halogens is 1. The van der Waals surface area contributed by atoms with E-state index in [2.05, 4.69) is 4.98 Å². The highest BCUT2D eigenvalue weighted by Gasteiger charge is 2.31. The lowest BCUT2D eigenvalue weighted by Gasteiger charge is -2.14. The second-order valence-electron chi connectivity index (χ2n) is 5.97. The molecule has 1 amide bonds. The van der Waals surface area contributed by atoms with Crippen LogP contribution in [0.4, 0.5) is 0 Å². The molecule has 1 aliphatic rings. The summed E-state index contributed by atoms with van der Waals surface area (Å²) < 4.78 is 3.30. The molecule has 0 saturated heterocycles. The monoisotopic (exact) mass is 342 g/mol. The summed E-state index contributed by atoms with van der Waals surface area (Å²) in [5.74, 6) is 0.201. The number of hydrogen-bond acceptors (Lipinski definition) is 3. The van der Waals surface area contributed by atoms with Gasteiger partial charge in [0.1, 0.15) is 5.02 Å². The predicted octanol–water partition coefficient (Wildman–Crippen LogP) is 2.15. The van der Waals surface area contributed by atoms with Gasteiger partial charge in [-0.1, -0.05) is 17.7 Å². The summed E-state index contributed by atoms with van der Waals surface area (Å²) >= 11 is 6.12. The van der Waals surface area contributed by atoms with Crippen molar-refractivity contribution in [2.45, 2.75) is 20.0 Å². The molecule has 122 valence electrons. The Morgan fingerprint density at radius 1 is 1.29 bits per heavy atom. The quantitative estimate of drug-likeness (QED) is 0.681. The fraction of sp³-hybridized carbons (Fsp3) is 0.235. The highest BCUT2D eigenvalue weighted by Crippen LogP contribution is 2.28. The van der Waals surface area contributed by atoms with Crippen LogP contribution in [0.1, 0.15) is 27.4 Å². The largest absolute Gasteiger partial charge is 0.326 e. The van der Waals surface area contributed by atoms with E-state index in [1.54, 1.807) is 22.5 Å². The number of aromatic nitrogens is 3. The van der Waals surface area contributed by atoms with Crippen molar-refractivity contribution in [3.8, 4) is 0 Å². The number of carbonyl (C=O) groups excluding carboxylic acids is 1. The van der Waals surface area contributed by atoms with Gasteiger partial charge in [0.05, 0.1) is 18.3 Å². The summed E-state index contributed by atoms with van der Waals surface area (Å²) in [5.41, 5.74) is 3.16. The lowest BCUT2D eigenvalue weighted by Crippen LogP contribution is -2.28. The number of amides is 1. The summed E-state index contributed by atoms with van der Waals surface area (Å²) in [7, 11) is 1.69. The Kier molecular flexibility index (Phi) is 3.25. The second kappa shape index (κ2) is 5.21. The molecular weight excluding hydrogens is 328 g/mol. The molecule has 0 radical (unpaired) electrons. The first-order valence-corrected chi connectivity index (χ1v) is 7.95. The third-order valence-electron chi connectivity index (χ3n) is 4.63. The van der Waals surface area contributed by atoms with Gasteiger partial charge in [-0.25, -0.2) is 4.98 Å². The summed E-state index contributed by atoms with van der Waals surface area (Å²) in [6.45, 7) is 2.62. The number of pyridine rings is 2. The van der Waals surface area contributed by atoms with Crippen LogP contribution >= 0.6 is 11.6 Å². The highest BCUT2D eigenvalue weighted by atomic mass is 35.5. The van der Waals surface area contributed by atoms with Crippen LogP contribution in [0.5, 0.6) is 0 Å². The zero-order valence-electron chi connectivity index (χ0n) is 13.3. The molecule has 7 heteroatoms. The summed E-state index contributed by atoms with van der Waals surface area (Å²) in [6.07, 6.45) is 3.49. The maximum absolute atomic E-state index is 12.9. The van der Waals surface area contributed by atoms with E-state index < -0.39 is 0 Å². The number of rotatable bonds is 1. The summed E-state index contributed by atoms with van der Waals surface area (Å²) in [5, 5.41) is 0.219. The van der Waals surface area contributed by atoms with E-state index in [1.807, 2.05) is 31.3 Å². The Labute approximate surface area is 142 Å². The Morgan fingerprint density at radius 2 is 2.08 bits per heavy atom. The van der Waals surface area contributed by atoms with Crippen molar-refractivity contribution in [2.75, 3.05) is 0 Å². The van der Waals surface area contributed by atoms with Gasteiger partial charge in [0.15, 0.2) is 0 Å². The van der Waals surface area contributed by atoms with E-state index in [0.29, 0.717) is 18.9 Å². The maximum atomic E-state index is 12.9. The molecule has 0 atom stereocenters. The van der Waals surface area contributed by atoms with Crippen molar-refractivity contribution < 1.29 is 4.79 Å². The Balaban J connectivity index is 1.75. The molecule has 0 aliphatic carbocycles. The summed E-state index contributed by atoms with van der Waals surface area (Å²) in [4.78, 5) is 31.0. The number of nitrogens with zero attached hydrogens (tertiary/aromatic N) is 4. The first-order chi connectivity index (χ1) is 11.5. The van der Waals surface area contributed by atoms with Crippen LogP contribution < -0.4 is 5.56 Å². The number of carbonyl (C=O) groups is 1. The molecular formula is C17H15ClN4O2. The van der Waals surface area contributed by atoms with Gasteiger partial charge in [-0.15, -0.1) is 0 Å². The minimum atomic E-state index is -0.228. The molecule has 0 N–H and O–H groups in total. The van der Waals surface area contributed by atoms with E-state index in [9.17, 15) is 9.59 Å². The van der Waals surface area contributed by atoms with Gasteiger partial charge in [0.25, 0.3) is 11.5 Å². The van der Waals surface area contributed by atoms with Crippen LogP contribution in [0.2, 0.25) is 5.02 Å². The van der Waals surface area contributed by atoms with Gasteiger partial charge in [0.2, 0.25) is 5.82 Å². The zero-order valence-corrected chi connectivity index (χ0v) is 14.0. The van der Waals surface area contributed by atoms with Crippen LogP contribution in [-0.4, -0.2) is 24.8 Å². The number of hydrogen-bond donors (Lipinski definition) is 0. The molecule has 6 nitrogen and oxygen atoms in total. The van der Waals surface area contributed by atoms with Gasteiger partial charge in [0, 0.05) is 25.5 Å². The lowest BCUT2D eigenvalue weighted by atomic mass is 10.1. The number of fused-ring (bicyclic) bond motifs is 2. The molecule has 0 saturated carbocycles. The molecule has 3 aromatic heterocycles. The highest BCUT2D eigenvalue weighted by molar-refractivity contribution is 6.31. The van der Waals surface area contributed by atoms with E-state index in [1.165, 1.54) is 4.57 Å². The smallest absolute Gasteiger partial charge is 0.290 e. The first kappa shape index (κ1) is 15.0. The summed E-state index contributed by atoms with van der Waals surface area (Å²) in [6, 6.07) is 5.66. The molecule has 0 aromatic carbocycles. The van der Waals surface area contributed by atoms with Crippen LogP contribution in [0.25, 0.3) is 5.52 Å². The molecule has 0 bridgehead atoms. The van der Waals surface area contributed by atoms with Gasteiger partial charge < -0.3 is 9.47 Å². The van der Waals surface area contributed by atoms with Crippen LogP contribution in [0.15, 0.2) is 35.4 Å². The molecule has 0 spiro atoms. The van der Waals surface area contributed by atoms with Crippen molar-refractivity contribution in [1.29, 1.82) is 0 Å². The average Bonchev–Trinajstić information content (AvgIpc) is 3.22. The minimum Gasteiger partial charge on any atom is -0.326 e. The van der Waals surface area contributed by atoms with Gasteiger partial charge in [-0.05, 0) is 30.2 Å². The Bertz CT molecular complexity index is 1050. The van der Waals surface area contributed by atoms with E-state index in [0.717, 1.165) is 22.3 Å². The third kappa shape index (κ3) is 1.99. The molecule has 0 fully saturated rings. The molecule has 3 aromatic rings. The predicted molar refractivity (Wildman–Crippen MR) is 90.2 cm³/mol. The third-order valence-corrected chi connectivity index (χ3v) is 5.08. The molecule has 24 heavy (non-hydrogen) atoms. The SMILES string of the molecule is Cc1c2c(n(C)c(=O)c1Cl)CN(C(=O)c1ncc3ccccn13)C2. The molecule has 0 unspecified atom stereocenters. The topological polar surface area (TPSA) is 59.6 Å². The second-order valence-corrected chi connectivity index (χ2v) is 6.34. The fourth-order valence-corrected chi connectivity index (χ4v) is 3.45. The average molecular weight is 343 g/mol. The Morgan fingerprint density at radius 3 is 2.88 bits per heavy atom. The standard InChI is InChI=1S/C17H15ClN4O2/c1-10-12-8-21(9-13(12)20(2)16(23)14(10)18)17(24)15-19-7-11-5-3-4-6-22(11)15/h3-7H,8-9H2,1-2H3. The maximum Gasteiger partial charge on any atom is 0.290 e. The van der Waals surface area contributed by atoms with E-state index in [4.69, 9.17) is 11.6 Å². The van der Waals surface area contributed by atoms with Crippen LogP contribution in [0, 0.1) is 6.92 Å². The first-order valence-electron chi connectivity index (χ1n) is 7.57. The Hall–Kier alpha value is -2.60. The molecule has 1 aliphatic heterocycles. The van der Waals surface area contributed by atoms with Crippen molar-refractivity contribution in [2.24, 2.45) is 7.05 Å². The van der Waals surface area contributed by atoms with Crippen molar-refractivity contribution >= 4 is 23.0 Å². The van der Waals surface area contributed by atoms with E-state index >= 15 is 0 Å². The zero-order chi connectivity index (χ0) is 17.0. The van der Waals surface area contributed by atoms with Gasteiger partial charge >= 0.3 is 0 Å². The van der Waals surface area contributed by atoms with Gasteiger partial charge in [-0.3, -0.25) is 14.0 Å². The molecule has 4 heterocycles. The minimum absolute atomic E-state index is 0.166. The lowest BCUT2D eigenvalue weighted by molar-refractivity contribution is 0.0736. The fourth-order valence-electron chi connectivity index (χ4n) is 3.21. The van der Waals surface area contributed by atoms with Crippen molar-refractivity contribution in [3.05, 3.63) is 68.6 Å². The van der Waals surface area contributed by atoms with Crippen LogP contribution in [-0.2, 0) is 20.1 Å². The molecule has 4 rings (SSSR count).